The first-order chi connectivity index (χ1) is 11.5. The van der Waals surface area contributed by atoms with E-state index in [1.165, 1.54) is 11.3 Å². The summed E-state index contributed by atoms with van der Waals surface area (Å²) in [6.45, 7) is 4.00. The second-order valence-corrected chi connectivity index (χ2v) is 6.45. The first kappa shape index (κ1) is 16.2. The molecule has 0 aliphatic heterocycles. The molecule has 2 heterocycles. The lowest BCUT2D eigenvalue weighted by Gasteiger charge is -2.25. The summed E-state index contributed by atoms with van der Waals surface area (Å²) in [5.41, 5.74) is 8.32. The summed E-state index contributed by atoms with van der Waals surface area (Å²) in [7, 11) is 0. The third-order valence-electron chi connectivity index (χ3n) is 4.12. The number of pyridine rings is 2. The van der Waals surface area contributed by atoms with Crippen molar-refractivity contribution in [3.05, 3.63) is 47.3 Å². The Morgan fingerprint density at radius 1 is 1.33 bits per heavy atom. The third-order valence-corrected chi connectivity index (χ3v) is 4.12. The molecule has 2 aromatic rings. The molecular weight excluding hydrogens is 302 g/mol. The molecule has 2 aromatic heterocycles. The SMILES string of the molecule is CC(C)Nc1nc(N[C@H]2CCc3ncccc3C2)ccc1C(N)=O. The van der Waals surface area contributed by atoms with E-state index in [0.29, 0.717) is 17.4 Å². The van der Waals surface area contributed by atoms with Crippen LogP contribution in [0.3, 0.4) is 0 Å². The molecule has 1 atom stereocenters. The Kier molecular flexibility index (Phi) is 4.64. The molecule has 1 amide bonds. The molecule has 4 N–H and O–H groups in total. The number of hydrogen-bond donors (Lipinski definition) is 3. The number of amides is 1. The molecule has 6 heteroatoms. The van der Waals surface area contributed by atoms with Gasteiger partial charge in [-0.15, -0.1) is 0 Å². The van der Waals surface area contributed by atoms with Crippen LogP contribution in [0.1, 0.15) is 41.9 Å². The van der Waals surface area contributed by atoms with E-state index in [9.17, 15) is 4.79 Å². The van der Waals surface area contributed by atoms with Crippen molar-refractivity contribution >= 4 is 17.5 Å². The Hall–Kier alpha value is -2.63. The van der Waals surface area contributed by atoms with Crippen LogP contribution in [0.5, 0.6) is 0 Å². The monoisotopic (exact) mass is 325 g/mol. The van der Waals surface area contributed by atoms with Crippen LogP contribution in [0.15, 0.2) is 30.5 Å². The molecule has 0 radical (unpaired) electrons. The molecule has 0 unspecified atom stereocenters. The molecule has 126 valence electrons. The highest BCUT2D eigenvalue weighted by atomic mass is 16.1. The fourth-order valence-corrected chi connectivity index (χ4v) is 3.01. The van der Waals surface area contributed by atoms with Gasteiger partial charge in [0, 0.05) is 24.0 Å². The van der Waals surface area contributed by atoms with E-state index >= 15 is 0 Å². The van der Waals surface area contributed by atoms with Crippen LogP contribution >= 0.6 is 0 Å². The number of rotatable bonds is 5. The van der Waals surface area contributed by atoms with Crippen LogP contribution in [0.2, 0.25) is 0 Å². The lowest BCUT2D eigenvalue weighted by molar-refractivity contribution is 0.100. The van der Waals surface area contributed by atoms with Crippen molar-refractivity contribution in [3.8, 4) is 0 Å². The van der Waals surface area contributed by atoms with Gasteiger partial charge in [0.05, 0.1) is 5.56 Å². The summed E-state index contributed by atoms with van der Waals surface area (Å²) in [6.07, 6.45) is 4.75. The third kappa shape index (κ3) is 3.64. The van der Waals surface area contributed by atoms with E-state index in [1.807, 2.05) is 32.2 Å². The Morgan fingerprint density at radius 3 is 2.92 bits per heavy atom. The van der Waals surface area contributed by atoms with Crippen molar-refractivity contribution in [2.45, 2.75) is 45.2 Å². The highest BCUT2D eigenvalue weighted by Gasteiger charge is 2.20. The van der Waals surface area contributed by atoms with Crippen LogP contribution in [0.4, 0.5) is 11.6 Å². The number of nitrogens with two attached hydrogens (primary N) is 1. The van der Waals surface area contributed by atoms with Crippen molar-refractivity contribution in [2.24, 2.45) is 5.73 Å². The van der Waals surface area contributed by atoms with Gasteiger partial charge in [0.15, 0.2) is 0 Å². The van der Waals surface area contributed by atoms with E-state index in [-0.39, 0.29) is 6.04 Å². The number of carbonyl (C=O) groups is 1. The molecule has 0 saturated carbocycles. The summed E-state index contributed by atoms with van der Waals surface area (Å²) in [4.78, 5) is 20.5. The maximum atomic E-state index is 11.6. The van der Waals surface area contributed by atoms with Crippen LogP contribution in [0.25, 0.3) is 0 Å². The molecular formula is C18H23N5O. The molecule has 0 spiro atoms. The zero-order valence-electron chi connectivity index (χ0n) is 14.0. The second-order valence-electron chi connectivity index (χ2n) is 6.45. The maximum Gasteiger partial charge on any atom is 0.252 e. The minimum atomic E-state index is -0.477. The van der Waals surface area contributed by atoms with E-state index in [2.05, 4.69) is 26.7 Å². The number of fused-ring (bicyclic) bond motifs is 1. The second kappa shape index (κ2) is 6.86. The predicted molar refractivity (Wildman–Crippen MR) is 95.2 cm³/mol. The Bertz CT molecular complexity index is 744. The van der Waals surface area contributed by atoms with Crippen molar-refractivity contribution in [1.29, 1.82) is 0 Å². The predicted octanol–water partition coefficient (Wildman–Crippen LogP) is 2.37. The van der Waals surface area contributed by atoms with Crippen molar-refractivity contribution in [3.63, 3.8) is 0 Å². The van der Waals surface area contributed by atoms with Gasteiger partial charge in [-0.1, -0.05) is 6.07 Å². The smallest absolute Gasteiger partial charge is 0.252 e. The van der Waals surface area contributed by atoms with Crippen LogP contribution in [-0.4, -0.2) is 28.0 Å². The molecule has 0 fully saturated rings. The topological polar surface area (TPSA) is 92.9 Å². The van der Waals surface area contributed by atoms with Crippen molar-refractivity contribution < 1.29 is 4.79 Å². The number of nitrogens with one attached hydrogen (secondary N) is 2. The number of aromatic nitrogens is 2. The van der Waals surface area contributed by atoms with Gasteiger partial charge in [-0.2, -0.15) is 0 Å². The molecule has 0 saturated heterocycles. The van der Waals surface area contributed by atoms with Gasteiger partial charge in [0.1, 0.15) is 11.6 Å². The van der Waals surface area contributed by atoms with Crippen molar-refractivity contribution in [1.82, 2.24) is 9.97 Å². The Labute approximate surface area is 141 Å². The number of primary amides is 1. The van der Waals surface area contributed by atoms with Gasteiger partial charge in [-0.3, -0.25) is 9.78 Å². The van der Waals surface area contributed by atoms with Crippen LogP contribution in [0, 0.1) is 0 Å². The average molecular weight is 325 g/mol. The van der Waals surface area contributed by atoms with E-state index in [1.54, 1.807) is 6.07 Å². The summed E-state index contributed by atoms with van der Waals surface area (Å²) in [6, 6.07) is 8.11. The first-order valence-corrected chi connectivity index (χ1v) is 8.29. The largest absolute Gasteiger partial charge is 0.367 e. The van der Waals surface area contributed by atoms with Gasteiger partial charge in [0.25, 0.3) is 5.91 Å². The number of hydrogen-bond acceptors (Lipinski definition) is 5. The molecule has 6 nitrogen and oxygen atoms in total. The summed E-state index contributed by atoms with van der Waals surface area (Å²) >= 11 is 0. The molecule has 1 aliphatic carbocycles. The summed E-state index contributed by atoms with van der Waals surface area (Å²) in [5.74, 6) is 0.802. The number of carbonyl (C=O) groups excluding carboxylic acids is 1. The number of aryl methyl sites for hydroxylation is 1. The lowest BCUT2D eigenvalue weighted by Crippen LogP contribution is -2.28. The molecule has 24 heavy (non-hydrogen) atoms. The number of nitrogens with zero attached hydrogens (tertiary/aromatic N) is 2. The quantitative estimate of drug-likeness (QED) is 0.785. The molecule has 1 aliphatic rings. The standard InChI is InChI=1S/C18H23N5O/c1-11(2)21-18-14(17(19)24)6-8-16(23-18)22-13-5-7-15-12(10-13)4-3-9-20-15/h3-4,6,8-9,11,13H,5,7,10H2,1-2H3,(H2,19,24)(H2,21,22,23)/t13-/m0/s1. The number of anilines is 2. The first-order valence-electron chi connectivity index (χ1n) is 8.29. The van der Waals surface area contributed by atoms with Gasteiger partial charge < -0.3 is 16.4 Å². The molecule has 0 bridgehead atoms. The Morgan fingerprint density at radius 2 is 2.17 bits per heavy atom. The van der Waals surface area contributed by atoms with Gasteiger partial charge >= 0.3 is 0 Å². The molecule has 0 aromatic carbocycles. The fourth-order valence-electron chi connectivity index (χ4n) is 3.01. The van der Waals surface area contributed by atoms with E-state index in [0.717, 1.165) is 25.1 Å². The maximum absolute atomic E-state index is 11.6. The van der Waals surface area contributed by atoms with E-state index < -0.39 is 5.91 Å². The Balaban J connectivity index is 1.77. The minimum absolute atomic E-state index is 0.165. The minimum Gasteiger partial charge on any atom is -0.367 e. The van der Waals surface area contributed by atoms with Gasteiger partial charge in [0.2, 0.25) is 0 Å². The normalized spacial score (nSPS) is 16.5. The van der Waals surface area contributed by atoms with Gasteiger partial charge in [-0.25, -0.2) is 4.98 Å². The zero-order chi connectivity index (χ0) is 17.1. The lowest BCUT2D eigenvalue weighted by atomic mass is 9.92. The van der Waals surface area contributed by atoms with Crippen LogP contribution in [-0.2, 0) is 12.8 Å². The summed E-state index contributed by atoms with van der Waals surface area (Å²) < 4.78 is 0. The summed E-state index contributed by atoms with van der Waals surface area (Å²) in [5, 5.41) is 6.66. The van der Waals surface area contributed by atoms with Crippen LogP contribution < -0.4 is 16.4 Å². The fraction of sp³-hybridized carbons (Fsp3) is 0.389. The van der Waals surface area contributed by atoms with Crippen molar-refractivity contribution in [2.75, 3.05) is 10.6 Å². The zero-order valence-corrected chi connectivity index (χ0v) is 14.0. The molecule has 3 rings (SSSR count). The highest BCUT2D eigenvalue weighted by Crippen LogP contribution is 2.23. The van der Waals surface area contributed by atoms with E-state index in [4.69, 9.17) is 5.73 Å². The van der Waals surface area contributed by atoms with Gasteiger partial charge in [-0.05, 0) is 56.9 Å². The highest BCUT2D eigenvalue weighted by molar-refractivity contribution is 5.97. The average Bonchev–Trinajstić information content (AvgIpc) is 2.54.